The van der Waals surface area contributed by atoms with Crippen molar-refractivity contribution in [1.29, 1.82) is 0 Å². The van der Waals surface area contributed by atoms with Crippen LogP contribution in [-0.4, -0.2) is 66.6 Å². The van der Waals surface area contributed by atoms with Crippen LogP contribution in [0.4, 0.5) is 4.39 Å². The van der Waals surface area contributed by atoms with Crippen LogP contribution in [0.1, 0.15) is 30.1 Å². The van der Waals surface area contributed by atoms with Gasteiger partial charge in [0.2, 0.25) is 22.7 Å². The van der Waals surface area contributed by atoms with Crippen molar-refractivity contribution >= 4 is 40.9 Å². The van der Waals surface area contributed by atoms with E-state index in [1.807, 2.05) is 0 Å². The van der Waals surface area contributed by atoms with Gasteiger partial charge >= 0.3 is 8.25 Å². The van der Waals surface area contributed by atoms with Crippen molar-refractivity contribution in [3.8, 4) is 5.75 Å². The topological polar surface area (TPSA) is 144 Å². The molecular formula is C25H28FN3O8PS+. The molecule has 208 valence electrons. The second-order valence-electron chi connectivity index (χ2n) is 9.07. The summed E-state index contributed by atoms with van der Waals surface area (Å²) in [5.41, 5.74) is 0.910. The molecule has 1 fully saturated rings. The maximum Gasteiger partial charge on any atom is 0.698 e. The molecule has 1 aliphatic heterocycles. The number of benzene rings is 2. The number of sulfonamides is 1. The minimum Gasteiger partial charge on any atom is -0.463 e. The Morgan fingerprint density at radius 1 is 1.21 bits per heavy atom. The van der Waals surface area contributed by atoms with Gasteiger partial charge in [0, 0.05) is 46.2 Å². The lowest BCUT2D eigenvalue weighted by molar-refractivity contribution is -0.132. The van der Waals surface area contributed by atoms with E-state index >= 15 is 0 Å². The van der Waals surface area contributed by atoms with Gasteiger partial charge in [-0.2, -0.15) is 0 Å². The molecule has 2 aromatic carbocycles. The van der Waals surface area contributed by atoms with Gasteiger partial charge in [0.25, 0.3) is 0 Å². The first-order valence-corrected chi connectivity index (χ1v) is 14.7. The first kappa shape index (κ1) is 28.8. The Morgan fingerprint density at radius 2 is 1.95 bits per heavy atom. The van der Waals surface area contributed by atoms with Crippen LogP contribution in [-0.2, 0) is 30.5 Å². The molecule has 4 rings (SSSR count). The van der Waals surface area contributed by atoms with E-state index in [1.165, 1.54) is 24.0 Å². The molecule has 1 aromatic heterocycles. The van der Waals surface area contributed by atoms with Crippen LogP contribution in [0.25, 0.3) is 10.9 Å². The number of rotatable bonds is 12. The molecule has 0 bridgehead atoms. The smallest absolute Gasteiger partial charge is 0.463 e. The fraction of sp³-hybridized carbons (Fsp3) is 0.360. The van der Waals surface area contributed by atoms with Crippen LogP contribution in [0.5, 0.6) is 5.75 Å². The molecule has 0 saturated carbocycles. The summed E-state index contributed by atoms with van der Waals surface area (Å²) in [6.45, 7) is 0.703. The number of nitrogens with zero attached hydrogens (tertiary/aromatic N) is 2. The van der Waals surface area contributed by atoms with Crippen molar-refractivity contribution in [3.05, 3.63) is 60.3 Å². The second kappa shape index (κ2) is 12.3. The molecule has 0 radical (unpaired) electrons. The summed E-state index contributed by atoms with van der Waals surface area (Å²) in [7, 11) is -6.55. The number of Topliss-reactive ketones (excluding diaryl/α,β-unsaturated/α-hetero) is 1. The molecule has 14 heteroatoms. The average molecular weight is 581 g/mol. The quantitative estimate of drug-likeness (QED) is 0.189. The fourth-order valence-corrected chi connectivity index (χ4v) is 5.85. The lowest BCUT2D eigenvalue weighted by atomic mass is 10.1. The number of fused-ring (bicyclic) bond motifs is 1. The van der Waals surface area contributed by atoms with Crippen LogP contribution >= 0.6 is 8.25 Å². The van der Waals surface area contributed by atoms with Gasteiger partial charge in [-0.15, -0.1) is 4.89 Å². The molecule has 0 spiro atoms. The van der Waals surface area contributed by atoms with Gasteiger partial charge < -0.3 is 14.2 Å². The van der Waals surface area contributed by atoms with Gasteiger partial charge in [-0.05, 0) is 43.7 Å². The second-order valence-corrected chi connectivity index (χ2v) is 11.6. The van der Waals surface area contributed by atoms with E-state index in [9.17, 15) is 27.0 Å². The molecule has 2 N–H and O–H groups in total. The Balaban J connectivity index is 1.45. The van der Waals surface area contributed by atoms with E-state index in [0.717, 1.165) is 0 Å². The molecular weight excluding hydrogens is 552 g/mol. The number of likely N-dealkylation sites (tertiary alicyclic amines) is 1. The fourth-order valence-electron chi connectivity index (χ4n) is 4.63. The molecule has 0 aliphatic carbocycles. The summed E-state index contributed by atoms with van der Waals surface area (Å²) in [4.78, 5) is 35.8. The summed E-state index contributed by atoms with van der Waals surface area (Å²) in [6, 6.07) is 12.2. The van der Waals surface area contributed by atoms with E-state index in [1.54, 1.807) is 47.2 Å². The van der Waals surface area contributed by atoms with Crippen LogP contribution in [0, 0.1) is 0 Å². The number of carbonyl (C=O) groups is 2. The van der Waals surface area contributed by atoms with Crippen molar-refractivity contribution < 1.29 is 41.1 Å². The van der Waals surface area contributed by atoms with E-state index in [0.29, 0.717) is 22.2 Å². The summed E-state index contributed by atoms with van der Waals surface area (Å²) < 4.78 is 63.9. The molecule has 1 unspecified atom stereocenters. The Morgan fingerprint density at radius 3 is 2.64 bits per heavy atom. The molecule has 3 aromatic rings. The number of aromatic nitrogens is 1. The molecule has 1 saturated heterocycles. The third-order valence-corrected chi connectivity index (χ3v) is 8.24. The number of carbonyl (C=O) groups excluding carboxylic acids is 2. The van der Waals surface area contributed by atoms with Gasteiger partial charge in [-0.3, -0.25) is 9.59 Å². The predicted molar refractivity (Wildman–Crippen MR) is 140 cm³/mol. The van der Waals surface area contributed by atoms with Gasteiger partial charge in [-0.1, -0.05) is 22.7 Å². The summed E-state index contributed by atoms with van der Waals surface area (Å²) in [6.07, 6.45) is 0.661. The molecule has 1 aliphatic rings. The van der Waals surface area contributed by atoms with Crippen molar-refractivity contribution in [2.45, 2.75) is 43.4 Å². The Labute approximate surface area is 225 Å². The third-order valence-electron chi connectivity index (χ3n) is 6.43. The van der Waals surface area contributed by atoms with Crippen LogP contribution in [0.2, 0.25) is 0 Å². The van der Waals surface area contributed by atoms with Crippen molar-refractivity contribution in [1.82, 2.24) is 14.2 Å². The maximum absolute atomic E-state index is 14.4. The largest absolute Gasteiger partial charge is 0.698 e. The minimum atomic E-state index is -3.72. The number of halogens is 1. The van der Waals surface area contributed by atoms with E-state index in [4.69, 9.17) is 9.63 Å². The zero-order valence-electron chi connectivity index (χ0n) is 21.0. The highest BCUT2D eigenvalue weighted by Crippen LogP contribution is 2.29. The number of amides is 1. The standard InChI is InChI=1S/C25H27FN3O8PS/c1-17(30)23-14-28(24-8-7-20(12-22(23)24)36-16-37-38(32)33)15-25(31)29-13-18(26)11-19(29)9-10-27-39(34,35)21-5-3-2-4-6-21/h2-8,12,14,18-19,27H,9-11,13,15-16H2,1H3/p+1/t18-,19-/m1/s1. The maximum atomic E-state index is 14.4. The Bertz CT molecular complexity index is 1480. The van der Waals surface area contributed by atoms with E-state index < -0.39 is 37.3 Å². The third kappa shape index (κ3) is 7.06. The van der Waals surface area contributed by atoms with Gasteiger partial charge in [0.15, 0.2) is 5.78 Å². The Kier molecular flexibility index (Phi) is 9.08. The number of nitrogens with one attached hydrogen (secondary N) is 1. The molecule has 39 heavy (non-hydrogen) atoms. The first-order valence-electron chi connectivity index (χ1n) is 12.1. The Hall–Kier alpha value is -3.22. The number of hydrogen-bond donors (Lipinski definition) is 2. The zero-order valence-corrected chi connectivity index (χ0v) is 22.7. The minimum absolute atomic E-state index is 0.0380. The number of alkyl halides is 1. The van der Waals surface area contributed by atoms with E-state index in [2.05, 4.69) is 9.25 Å². The van der Waals surface area contributed by atoms with Crippen LogP contribution in [0.3, 0.4) is 0 Å². The number of ether oxygens (including phenoxy) is 1. The molecule has 1 amide bonds. The molecule has 2 heterocycles. The zero-order chi connectivity index (χ0) is 28.2. The SMILES string of the molecule is CC(=O)c1cn(CC(=O)N2C[C@H](F)C[C@H]2CCNS(=O)(=O)c2ccccc2)c2ccc(OCO[P+](=O)O)cc12. The summed E-state index contributed by atoms with van der Waals surface area (Å²) in [5, 5.41) is 0.512. The average Bonchev–Trinajstić information content (AvgIpc) is 3.44. The molecule has 3 atom stereocenters. The van der Waals surface area contributed by atoms with Crippen molar-refractivity contribution in [2.24, 2.45) is 0 Å². The lowest BCUT2D eigenvalue weighted by Crippen LogP contribution is -2.40. The van der Waals surface area contributed by atoms with Crippen molar-refractivity contribution in [3.63, 3.8) is 0 Å². The van der Waals surface area contributed by atoms with Gasteiger partial charge in [-0.25, -0.2) is 17.5 Å². The van der Waals surface area contributed by atoms with E-state index in [-0.39, 0.29) is 49.1 Å². The highest BCUT2D eigenvalue weighted by atomic mass is 32.2. The van der Waals surface area contributed by atoms with Crippen LogP contribution in [0.15, 0.2) is 59.6 Å². The number of hydrogen-bond acceptors (Lipinski definition) is 7. The highest BCUT2D eigenvalue weighted by Gasteiger charge is 2.35. The van der Waals surface area contributed by atoms with Gasteiger partial charge in [0.1, 0.15) is 18.5 Å². The predicted octanol–water partition coefficient (Wildman–Crippen LogP) is 3.15. The van der Waals surface area contributed by atoms with Gasteiger partial charge in [0.05, 0.1) is 11.4 Å². The highest BCUT2D eigenvalue weighted by molar-refractivity contribution is 7.89. The van der Waals surface area contributed by atoms with Crippen molar-refractivity contribution in [2.75, 3.05) is 19.9 Å². The normalized spacial score (nSPS) is 17.9. The van der Waals surface area contributed by atoms with Crippen LogP contribution < -0.4 is 9.46 Å². The lowest BCUT2D eigenvalue weighted by Gasteiger charge is -2.25. The monoisotopic (exact) mass is 580 g/mol. The summed E-state index contributed by atoms with van der Waals surface area (Å²) in [5.74, 6) is -0.311. The molecule has 11 nitrogen and oxygen atoms in total. The summed E-state index contributed by atoms with van der Waals surface area (Å²) >= 11 is 0. The first-order chi connectivity index (χ1) is 18.5. The number of ketones is 1.